The Hall–Kier alpha value is -3.35. The summed E-state index contributed by atoms with van der Waals surface area (Å²) in [5.74, 6) is 0.00721. The van der Waals surface area contributed by atoms with Gasteiger partial charge in [-0.25, -0.2) is 0 Å². The van der Waals surface area contributed by atoms with Gasteiger partial charge in [0.15, 0.2) is 5.69 Å². The van der Waals surface area contributed by atoms with Crippen molar-refractivity contribution in [3.05, 3.63) is 59.8 Å². The van der Waals surface area contributed by atoms with Gasteiger partial charge in [-0.1, -0.05) is 35.9 Å². The zero-order valence-electron chi connectivity index (χ0n) is 15.0. The van der Waals surface area contributed by atoms with Crippen molar-refractivity contribution < 1.29 is 19.1 Å². The Morgan fingerprint density at radius 3 is 2.67 bits per heavy atom. The number of aromatic nitrogens is 2. The molecule has 1 heterocycles. The third-order valence-electron chi connectivity index (χ3n) is 3.94. The lowest BCUT2D eigenvalue weighted by atomic mass is 10.2. The van der Waals surface area contributed by atoms with Crippen LogP contribution in [0.1, 0.15) is 22.5 Å². The monoisotopic (exact) mass is 367 g/mol. The molecule has 7 nitrogen and oxygen atoms in total. The fourth-order valence-electron chi connectivity index (χ4n) is 2.52. The quantitative estimate of drug-likeness (QED) is 0.472. The second kappa shape index (κ2) is 8.84. The number of aromatic amines is 1. The number of fused-ring (bicyclic) bond motifs is 1. The molecular formula is C20H21N3O4. The summed E-state index contributed by atoms with van der Waals surface area (Å²) in [5.41, 5.74) is 2.25. The SMILES string of the molecule is Cc1ccc(OCCOC(=O)CCNC(=O)c2n[nH]c3ccccc23)cc1. The summed E-state index contributed by atoms with van der Waals surface area (Å²) in [4.78, 5) is 23.9. The van der Waals surface area contributed by atoms with E-state index in [0.29, 0.717) is 5.69 Å². The molecule has 27 heavy (non-hydrogen) atoms. The van der Waals surface area contributed by atoms with E-state index < -0.39 is 5.97 Å². The van der Waals surface area contributed by atoms with Crippen LogP contribution in [0.15, 0.2) is 48.5 Å². The highest BCUT2D eigenvalue weighted by atomic mass is 16.6. The topological polar surface area (TPSA) is 93.3 Å². The van der Waals surface area contributed by atoms with Crippen molar-refractivity contribution in [1.29, 1.82) is 0 Å². The van der Waals surface area contributed by atoms with Crippen LogP contribution in [0.25, 0.3) is 10.9 Å². The molecular weight excluding hydrogens is 346 g/mol. The van der Waals surface area contributed by atoms with E-state index in [0.717, 1.165) is 22.2 Å². The van der Waals surface area contributed by atoms with Crippen molar-refractivity contribution in [1.82, 2.24) is 15.5 Å². The van der Waals surface area contributed by atoms with E-state index in [1.807, 2.05) is 55.5 Å². The van der Waals surface area contributed by atoms with E-state index >= 15 is 0 Å². The number of H-pyrrole nitrogens is 1. The molecule has 1 aromatic heterocycles. The van der Waals surface area contributed by atoms with Gasteiger partial charge in [-0.3, -0.25) is 14.7 Å². The van der Waals surface area contributed by atoms with E-state index in [-0.39, 0.29) is 32.1 Å². The normalized spacial score (nSPS) is 10.6. The Balaban J connectivity index is 1.34. The number of ether oxygens (including phenoxy) is 2. The number of benzene rings is 2. The minimum absolute atomic E-state index is 0.0820. The lowest BCUT2D eigenvalue weighted by Crippen LogP contribution is -2.27. The van der Waals surface area contributed by atoms with Crippen molar-refractivity contribution >= 4 is 22.8 Å². The average Bonchev–Trinajstić information content (AvgIpc) is 3.11. The van der Waals surface area contributed by atoms with Gasteiger partial charge in [-0.05, 0) is 25.1 Å². The second-order valence-electron chi connectivity index (χ2n) is 6.01. The molecule has 3 rings (SSSR count). The van der Waals surface area contributed by atoms with Crippen molar-refractivity contribution in [2.24, 2.45) is 0 Å². The number of para-hydroxylation sites is 1. The van der Waals surface area contributed by atoms with Crippen molar-refractivity contribution in [3.63, 3.8) is 0 Å². The average molecular weight is 367 g/mol. The molecule has 1 amide bonds. The molecule has 0 aliphatic rings. The summed E-state index contributed by atoms with van der Waals surface area (Å²) in [5, 5.41) is 10.2. The summed E-state index contributed by atoms with van der Waals surface area (Å²) in [7, 11) is 0. The first-order valence-corrected chi connectivity index (χ1v) is 8.70. The molecule has 0 bridgehead atoms. The minimum Gasteiger partial charge on any atom is -0.490 e. The molecule has 2 N–H and O–H groups in total. The number of aryl methyl sites for hydroxylation is 1. The van der Waals surface area contributed by atoms with Gasteiger partial charge < -0.3 is 14.8 Å². The highest BCUT2D eigenvalue weighted by Gasteiger charge is 2.13. The lowest BCUT2D eigenvalue weighted by Gasteiger charge is -2.08. The minimum atomic E-state index is -0.394. The van der Waals surface area contributed by atoms with Gasteiger partial charge in [0.2, 0.25) is 0 Å². The van der Waals surface area contributed by atoms with Crippen molar-refractivity contribution in [2.45, 2.75) is 13.3 Å². The Morgan fingerprint density at radius 1 is 1.07 bits per heavy atom. The van der Waals surface area contributed by atoms with E-state index in [9.17, 15) is 9.59 Å². The van der Waals surface area contributed by atoms with Crippen LogP contribution in [0.4, 0.5) is 0 Å². The second-order valence-corrected chi connectivity index (χ2v) is 6.01. The van der Waals surface area contributed by atoms with Crippen molar-refractivity contribution in [2.75, 3.05) is 19.8 Å². The van der Waals surface area contributed by atoms with Crippen LogP contribution >= 0.6 is 0 Å². The van der Waals surface area contributed by atoms with Crippen LogP contribution in [-0.2, 0) is 9.53 Å². The van der Waals surface area contributed by atoms with Crippen LogP contribution in [0.5, 0.6) is 5.75 Å². The maximum absolute atomic E-state index is 12.2. The molecule has 0 fully saturated rings. The molecule has 0 aliphatic carbocycles. The number of nitrogens with zero attached hydrogens (tertiary/aromatic N) is 1. The van der Waals surface area contributed by atoms with Gasteiger partial charge in [-0.15, -0.1) is 0 Å². The Bertz CT molecular complexity index is 918. The summed E-state index contributed by atoms with van der Waals surface area (Å²) in [6, 6.07) is 15.0. The third-order valence-corrected chi connectivity index (χ3v) is 3.94. The summed E-state index contributed by atoms with van der Waals surface area (Å²) >= 11 is 0. The molecule has 0 unspecified atom stereocenters. The van der Waals surface area contributed by atoms with Gasteiger partial charge in [0.25, 0.3) is 5.91 Å². The highest BCUT2D eigenvalue weighted by molar-refractivity contribution is 6.04. The molecule has 0 aliphatic heterocycles. The first-order valence-electron chi connectivity index (χ1n) is 8.70. The number of carbonyl (C=O) groups is 2. The molecule has 140 valence electrons. The van der Waals surface area contributed by atoms with Crippen LogP contribution in [0.2, 0.25) is 0 Å². The lowest BCUT2D eigenvalue weighted by molar-refractivity contribution is -0.144. The number of nitrogens with one attached hydrogen (secondary N) is 2. The van der Waals surface area contributed by atoms with E-state index in [1.165, 1.54) is 0 Å². The Labute approximate surface area is 156 Å². The molecule has 0 spiro atoms. The standard InChI is InChI=1S/C20H21N3O4/c1-14-6-8-15(9-7-14)26-12-13-27-18(24)10-11-21-20(25)19-16-4-2-3-5-17(16)22-23-19/h2-9H,10-13H2,1H3,(H,21,25)(H,22,23). The zero-order chi connectivity index (χ0) is 19.1. The first kappa shape index (κ1) is 18.4. The van der Waals surface area contributed by atoms with Crippen LogP contribution < -0.4 is 10.1 Å². The molecule has 3 aromatic rings. The molecule has 2 aromatic carbocycles. The summed E-state index contributed by atoms with van der Waals surface area (Å²) < 4.78 is 10.6. The fraction of sp³-hybridized carbons (Fsp3) is 0.250. The number of esters is 1. The maximum atomic E-state index is 12.2. The summed E-state index contributed by atoms with van der Waals surface area (Å²) in [6.07, 6.45) is 0.0820. The van der Waals surface area contributed by atoms with Crippen LogP contribution in [0.3, 0.4) is 0 Å². The van der Waals surface area contributed by atoms with Crippen LogP contribution in [0, 0.1) is 6.92 Å². The van der Waals surface area contributed by atoms with Gasteiger partial charge in [-0.2, -0.15) is 5.10 Å². The number of hydrogen-bond donors (Lipinski definition) is 2. The van der Waals surface area contributed by atoms with E-state index in [1.54, 1.807) is 0 Å². The van der Waals surface area contributed by atoms with E-state index in [2.05, 4.69) is 15.5 Å². The van der Waals surface area contributed by atoms with Gasteiger partial charge in [0.1, 0.15) is 19.0 Å². The Morgan fingerprint density at radius 2 is 1.85 bits per heavy atom. The number of hydrogen-bond acceptors (Lipinski definition) is 5. The summed E-state index contributed by atoms with van der Waals surface area (Å²) in [6.45, 7) is 2.61. The fourth-order valence-corrected chi connectivity index (χ4v) is 2.52. The first-order chi connectivity index (χ1) is 13.1. The van der Waals surface area contributed by atoms with Gasteiger partial charge in [0, 0.05) is 11.9 Å². The smallest absolute Gasteiger partial charge is 0.307 e. The predicted octanol–water partition coefficient (Wildman–Crippen LogP) is 2.61. The van der Waals surface area contributed by atoms with E-state index in [4.69, 9.17) is 9.47 Å². The number of amides is 1. The highest BCUT2D eigenvalue weighted by Crippen LogP contribution is 2.14. The molecule has 0 atom stereocenters. The largest absolute Gasteiger partial charge is 0.490 e. The molecule has 7 heteroatoms. The molecule has 0 saturated heterocycles. The predicted molar refractivity (Wildman–Crippen MR) is 101 cm³/mol. The maximum Gasteiger partial charge on any atom is 0.307 e. The van der Waals surface area contributed by atoms with Crippen LogP contribution in [-0.4, -0.2) is 41.8 Å². The third kappa shape index (κ3) is 5.07. The Kier molecular flexibility index (Phi) is 6.04. The number of carbonyl (C=O) groups excluding carboxylic acids is 2. The molecule has 0 saturated carbocycles. The molecule has 0 radical (unpaired) electrons. The zero-order valence-corrected chi connectivity index (χ0v) is 15.0. The van der Waals surface area contributed by atoms with Gasteiger partial charge >= 0.3 is 5.97 Å². The van der Waals surface area contributed by atoms with Gasteiger partial charge in [0.05, 0.1) is 11.9 Å². The van der Waals surface area contributed by atoms with Crippen molar-refractivity contribution in [3.8, 4) is 5.75 Å². The number of rotatable bonds is 8.